The minimum Gasteiger partial charge on any atom is -0.455 e. The Hall–Kier alpha value is -7.88. The highest BCUT2D eigenvalue weighted by Gasteiger charge is 2.27. The molecule has 10 aromatic rings. The Morgan fingerprint density at radius 1 is 0.515 bits per heavy atom. The Kier molecular flexibility index (Phi) is 10.2. The molecule has 2 atom stereocenters. The molecule has 316 valence electrons. The second kappa shape index (κ2) is 16.9. The largest absolute Gasteiger partial charge is 0.455 e. The van der Waals surface area contributed by atoms with Crippen molar-refractivity contribution in [1.82, 2.24) is 0 Å². The van der Waals surface area contributed by atoms with Crippen molar-refractivity contribution in [3.05, 3.63) is 246 Å². The van der Waals surface area contributed by atoms with Gasteiger partial charge in [0.15, 0.2) is 5.84 Å². The molecule has 0 bridgehead atoms. The quantitative estimate of drug-likeness (QED) is 0.159. The molecule has 9 aromatic carbocycles. The third-order valence-electron chi connectivity index (χ3n) is 13.8. The van der Waals surface area contributed by atoms with Crippen molar-refractivity contribution in [2.45, 2.75) is 38.5 Å². The molecule has 0 fully saturated rings. The molecule has 0 saturated heterocycles. The van der Waals surface area contributed by atoms with E-state index in [4.69, 9.17) is 14.4 Å². The zero-order valence-corrected chi connectivity index (χ0v) is 37.0. The highest BCUT2D eigenvalue weighted by Crippen LogP contribution is 2.43. The number of furan rings is 1. The average molecular weight is 849 g/mol. The summed E-state index contributed by atoms with van der Waals surface area (Å²) >= 11 is 0. The normalized spacial score (nSPS) is 17.7. The van der Waals surface area contributed by atoms with Crippen LogP contribution in [0.15, 0.2) is 227 Å². The molecule has 0 radical (unpaired) electrons. The van der Waals surface area contributed by atoms with Crippen LogP contribution in [0, 0.1) is 5.92 Å². The van der Waals surface area contributed by atoms with Crippen molar-refractivity contribution in [2.75, 3.05) is 0 Å². The summed E-state index contributed by atoms with van der Waals surface area (Å²) in [5.74, 6) is 0.799. The standard InChI is InChI=1S/C63H48N2O/c1-41-37-58(64-63(57-40-50-23-11-12-24-51(50)53-25-13-14-26-54(53)57)65-61(41)45-32-29-43(30-33-45)42-17-7-4-8-18-42)60-52(35-36-56-55-27-15-16-28-59(55)66-62(56)60)44-19-5-2-3-6-20-48-38-46-21-9-10-22-47(46)39-49(48)34-31-44/h2-18,21-30,32-33,35-41,44H,19-20,31,34H2,1H3/b5-2-,6-3-/t41?,44-/m0/s1. The fourth-order valence-corrected chi connectivity index (χ4v) is 10.5. The minimum atomic E-state index is -0.0826. The number of benzene rings is 9. The molecule has 2 heterocycles. The smallest absolute Gasteiger partial charge is 0.160 e. The maximum absolute atomic E-state index is 7.03. The molecule has 0 spiro atoms. The molecule has 0 amide bonds. The molecule has 1 aliphatic carbocycles. The summed E-state index contributed by atoms with van der Waals surface area (Å²) in [6.07, 6.45) is 15.2. The highest BCUT2D eigenvalue weighted by molar-refractivity contribution is 6.24. The van der Waals surface area contributed by atoms with Crippen molar-refractivity contribution < 1.29 is 4.42 Å². The number of allylic oxidation sites excluding steroid dienone is 5. The van der Waals surface area contributed by atoms with E-state index in [1.54, 1.807) is 0 Å². The Balaban J connectivity index is 1.07. The van der Waals surface area contributed by atoms with Gasteiger partial charge >= 0.3 is 0 Å². The molecule has 3 heteroatoms. The van der Waals surface area contributed by atoms with Gasteiger partial charge in [-0.05, 0) is 116 Å². The lowest BCUT2D eigenvalue weighted by Gasteiger charge is -2.21. The summed E-state index contributed by atoms with van der Waals surface area (Å²) in [6, 6.07) is 65.8. The maximum atomic E-state index is 7.03. The summed E-state index contributed by atoms with van der Waals surface area (Å²) < 4.78 is 7.03. The number of para-hydroxylation sites is 1. The van der Waals surface area contributed by atoms with Crippen LogP contribution in [0.3, 0.4) is 0 Å². The van der Waals surface area contributed by atoms with Gasteiger partial charge in [0.05, 0.1) is 11.4 Å². The van der Waals surface area contributed by atoms with E-state index in [9.17, 15) is 0 Å². The van der Waals surface area contributed by atoms with Crippen LogP contribution in [-0.4, -0.2) is 11.5 Å². The topological polar surface area (TPSA) is 37.9 Å². The van der Waals surface area contributed by atoms with Gasteiger partial charge in [0.25, 0.3) is 0 Å². The van der Waals surface area contributed by atoms with Crippen LogP contribution in [0.25, 0.3) is 71.1 Å². The van der Waals surface area contributed by atoms with Crippen molar-refractivity contribution >= 4 is 71.5 Å². The Bertz CT molecular complexity index is 3660. The molecular formula is C63H48N2O. The van der Waals surface area contributed by atoms with Crippen LogP contribution in [-0.2, 0) is 12.8 Å². The first-order chi connectivity index (χ1) is 32.6. The van der Waals surface area contributed by atoms with Gasteiger partial charge in [0.1, 0.15) is 11.2 Å². The summed E-state index contributed by atoms with van der Waals surface area (Å²) in [7, 11) is 0. The zero-order chi connectivity index (χ0) is 44.0. The lowest BCUT2D eigenvalue weighted by molar-refractivity contribution is 0.624. The van der Waals surface area contributed by atoms with Crippen molar-refractivity contribution in [2.24, 2.45) is 15.9 Å². The molecule has 0 N–H and O–H groups in total. The number of aliphatic imine (C=N–C) groups is 2. The SMILES string of the molecule is CC1C=C(c2c([C@H]3C/C=C\C=C/Cc4cc5ccccc5cc4CC3)ccc3c2oc2ccccc23)N=C(c2cc3ccccc3c3ccccc23)N=C1c1ccc(-c2ccccc2)cc1. The third kappa shape index (κ3) is 7.27. The van der Waals surface area contributed by atoms with Crippen LogP contribution >= 0.6 is 0 Å². The molecule has 66 heavy (non-hydrogen) atoms. The van der Waals surface area contributed by atoms with Gasteiger partial charge in [-0.3, -0.25) is 0 Å². The zero-order valence-electron chi connectivity index (χ0n) is 37.0. The molecule has 2 aliphatic rings. The molecule has 1 aromatic heterocycles. The number of rotatable bonds is 5. The van der Waals surface area contributed by atoms with Gasteiger partial charge in [-0.15, -0.1) is 0 Å². The molecule has 0 saturated carbocycles. The number of nitrogens with zero attached hydrogens (tertiary/aromatic N) is 2. The first kappa shape index (κ1) is 39.7. The molecule has 1 aliphatic heterocycles. The fourth-order valence-electron chi connectivity index (χ4n) is 10.5. The predicted octanol–water partition coefficient (Wildman–Crippen LogP) is 16.4. The highest BCUT2D eigenvalue weighted by atomic mass is 16.3. The van der Waals surface area contributed by atoms with Crippen molar-refractivity contribution in [3.8, 4) is 11.1 Å². The summed E-state index contributed by atoms with van der Waals surface area (Å²) in [5.41, 5.74) is 13.2. The molecular weight excluding hydrogens is 801 g/mol. The summed E-state index contributed by atoms with van der Waals surface area (Å²) in [6.45, 7) is 2.27. The monoisotopic (exact) mass is 848 g/mol. The van der Waals surface area contributed by atoms with Crippen LogP contribution in [0.4, 0.5) is 0 Å². The molecule has 1 unspecified atom stereocenters. The van der Waals surface area contributed by atoms with E-state index in [-0.39, 0.29) is 11.8 Å². The van der Waals surface area contributed by atoms with Crippen molar-refractivity contribution in [1.29, 1.82) is 0 Å². The summed E-state index contributed by atoms with van der Waals surface area (Å²) in [4.78, 5) is 11.5. The van der Waals surface area contributed by atoms with Gasteiger partial charge in [-0.1, -0.05) is 201 Å². The predicted molar refractivity (Wildman–Crippen MR) is 279 cm³/mol. The lowest BCUT2D eigenvalue weighted by atomic mass is 9.83. The number of hydrogen-bond donors (Lipinski definition) is 0. The van der Waals surface area contributed by atoms with E-state index in [2.05, 4.69) is 219 Å². The van der Waals surface area contributed by atoms with E-state index in [1.165, 1.54) is 49.4 Å². The first-order valence-electron chi connectivity index (χ1n) is 23.4. The second-order valence-corrected chi connectivity index (χ2v) is 17.9. The van der Waals surface area contributed by atoms with Crippen LogP contribution in [0.1, 0.15) is 59.1 Å². The minimum absolute atomic E-state index is 0.0826. The number of fused-ring (bicyclic) bond motifs is 8. The van der Waals surface area contributed by atoms with Gasteiger partial charge in [0.2, 0.25) is 0 Å². The molecule has 3 nitrogen and oxygen atoms in total. The Morgan fingerprint density at radius 3 is 1.98 bits per heavy atom. The molecule has 12 rings (SSSR count). The van der Waals surface area contributed by atoms with E-state index in [0.29, 0.717) is 5.84 Å². The lowest BCUT2D eigenvalue weighted by Crippen LogP contribution is -2.13. The third-order valence-corrected chi connectivity index (χ3v) is 13.8. The Labute approximate surface area is 385 Å². The van der Waals surface area contributed by atoms with Gasteiger partial charge in [-0.2, -0.15) is 0 Å². The van der Waals surface area contributed by atoms with E-state index in [1.807, 2.05) is 0 Å². The number of hydrogen-bond acceptors (Lipinski definition) is 3. The maximum Gasteiger partial charge on any atom is 0.160 e. The van der Waals surface area contributed by atoms with Gasteiger partial charge in [-0.25, -0.2) is 9.98 Å². The number of amidine groups is 1. The second-order valence-electron chi connectivity index (χ2n) is 17.9. The van der Waals surface area contributed by atoms with Gasteiger partial charge < -0.3 is 4.42 Å². The van der Waals surface area contributed by atoms with E-state index < -0.39 is 0 Å². The van der Waals surface area contributed by atoms with Crippen molar-refractivity contribution in [3.63, 3.8) is 0 Å². The summed E-state index contributed by atoms with van der Waals surface area (Å²) in [5, 5.41) is 9.48. The number of aryl methyl sites for hydroxylation is 1. The van der Waals surface area contributed by atoms with Crippen LogP contribution < -0.4 is 0 Å². The first-order valence-corrected chi connectivity index (χ1v) is 23.4. The van der Waals surface area contributed by atoms with Crippen LogP contribution in [0.5, 0.6) is 0 Å². The average Bonchev–Trinajstić information content (AvgIpc) is 3.64. The van der Waals surface area contributed by atoms with Gasteiger partial charge in [0, 0.05) is 27.8 Å². The van der Waals surface area contributed by atoms with Crippen LogP contribution in [0.2, 0.25) is 0 Å². The fraction of sp³-hybridized carbons (Fsp3) is 0.111. The van der Waals surface area contributed by atoms with E-state index >= 15 is 0 Å². The van der Waals surface area contributed by atoms with E-state index in [0.717, 1.165) is 86.5 Å². The Morgan fingerprint density at radius 2 is 1.17 bits per heavy atom.